The van der Waals surface area contributed by atoms with Crippen molar-refractivity contribution in [3.05, 3.63) is 88.4 Å². The molecule has 2 atom stereocenters. The zero-order valence-corrected chi connectivity index (χ0v) is 17.9. The number of likely N-dealkylation sites (N-methyl/N-ethyl adjacent to an activating group) is 1. The highest BCUT2D eigenvalue weighted by atomic mass is 79.9. The molecule has 2 bridgehead atoms. The minimum absolute atomic E-state index is 0.0376. The van der Waals surface area contributed by atoms with E-state index in [0.717, 1.165) is 26.9 Å². The number of amides is 2. The summed E-state index contributed by atoms with van der Waals surface area (Å²) in [7, 11) is 1.79. The van der Waals surface area contributed by atoms with Gasteiger partial charge in [-0.25, -0.2) is 0 Å². The second kappa shape index (κ2) is 7.99. The number of carbonyl (C=O) groups excluding carboxylic acids is 2. The Bertz CT molecular complexity index is 999. The van der Waals surface area contributed by atoms with Crippen LogP contribution in [0.15, 0.2) is 82.9 Å². The molecule has 0 radical (unpaired) electrons. The molecule has 2 aromatic carbocycles. The van der Waals surface area contributed by atoms with E-state index >= 15 is 0 Å². The van der Waals surface area contributed by atoms with E-state index < -0.39 is 0 Å². The Labute approximate surface area is 179 Å². The number of hydrogen-bond donors (Lipinski definition) is 0. The smallest absolute Gasteiger partial charge is 0.253 e. The number of carbonyl (C=O) groups is 2. The summed E-state index contributed by atoms with van der Waals surface area (Å²) < 4.78 is 0.872. The Morgan fingerprint density at radius 1 is 1.17 bits per heavy atom. The fourth-order valence-corrected chi connectivity index (χ4v) is 4.73. The van der Waals surface area contributed by atoms with Crippen LogP contribution in [0.5, 0.6) is 0 Å². The molecule has 148 valence electrons. The standard InChI is InChI=1S/C24H23BrN2O2/c1-16-19-13-12-18(23(28)26(2)21-11-7-6-10-20(21)25)14-22(16)27(24(19)29)15-17-8-4-3-5-9-17/h3-12,19,22H,1,13-15H2,2H3. The van der Waals surface area contributed by atoms with Gasteiger partial charge in [0.15, 0.2) is 0 Å². The molecule has 1 aliphatic carbocycles. The molecule has 1 heterocycles. The summed E-state index contributed by atoms with van der Waals surface area (Å²) in [5, 5.41) is 0. The van der Waals surface area contributed by atoms with E-state index in [-0.39, 0.29) is 23.8 Å². The number of allylic oxidation sites excluding steroid dienone is 1. The first kappa shape index (κ1) is 19.6. The minimum atomic E-state index is -0.234. The third-order valence-corrected chi connectivity index (χ3v) is 6.51. The van der Waals surface area contributed by atoms with Crippen LogP contribution in [0.1, 0.15) is 18.4 Å². The van der Waals surface area contributed by atoms with Gasteiger partial charge in [-0.05, 0) is 45.6 Å². The van der Waals surface area contributed by atoms with E-state index in [9.17, 15) is 9.59 Å². The van der Waals surface area contributed by atoms with Gasteiger partial charge in [0.05, 0.1) is 17.6 Å². The van der Waals surface area contributed by atoms with E-state index in [4.69, 9.17) is 0 Å². The number of fused-ring (bicyclic) bond motifs is 2. The Morgan fingerprint density at radius 2 is 1.86 bits per heavy atom. The second-order valence-corrected chi connectivity index (χ2v) is 8.43. The summed E-state index contributed by atoms with van der Waals surface area (Å²) in [6.45, 7) is 4.77. The second-order valence-electron chi connectivity index (χ2n) is 7.58. The molecule has 0 spiro atoms. The molecule has 4 nitrogen and oxygen atoms in total. The van der Waals surface area contributed by atoms with Crippen LogP contribution in [-0.4, -0.2) is 29.8 Å². The Hall–Kier alpha value is -2.66. The Kier molecular flexibility index (Phi) is 5.41. The van der Waals surface area contributed by atoms with Gasteiger partial charge in [0, 0.05) is 30.1 Å². The molecule has 0 aromatic heterocycles. The zero-order chi connectivity index (χ0) is 20.5. The minimum Gasteiger partial charge on any atom is -0.331 e. The van der Waals surface area contributed by atoms with E-state index in [1.54, 1.807) is 11.9 Å². The van der Waals surface area contributed by atoms with Crippen LogP contribution in [0, 0.1) is 5.92 Å². The van der Waals surface area contributed by atoms with E-state index in [1.165, 1.54) is 0 Å². The van der Waals surface area contributed by atoms with Crippen molar-refractivity contribution in [2.45, 2.75) is 25.4 Å². The molecule has 1 aliphatic heterocycles. The van der Waals surface area contributed by atoms with Crippen LogP contribution in [0.3, 0.4) is 0 Å². The maximum atomic E-state index is 13.2. The molecular weight excluding hydrogens is 428 g/mol. The molecule has 4 rings (SSSR count). The molecular formula is C24H23BrN2O2. The van der Waals surface area contributed by atoms with Crippen LogP contribution >= 0.6 is 15.9 Å². The molecule has 0 saturated carbocycles. The van der Waals surface area contributed by atoms with Crippen molar-refractivity contribution in [2.24, 2.45) is 5.92 Å². The van der Waals surface area contributed by atoms with Gasteiger partial charge in [-0.1, -0.05) is 55.1 Å². The SMILES string of the molecule is C=C1C2CC=C(C(=O)N(C)c3ccccc3Br)CC1N(Cc1ccccc1)C2=O. The van der Waals surface area contributed by atoms with Gasteiger partial charge in [-0.3, -0.25) is 9.59 Å². The lowest BCUT2D eigenvalue weighted by Gasteiger charge is -2.28. The molecule has 2 aliphatic rings. The van der Waals surface area contributed by atoms with Crippen molar-refractivity contribution in [3.63, 3.8) is 0 Å². The molecule has 1 fully saturated rings. The largest absolute Gasteiger partial charge is 0.331 e. The third-order valence-electron chi connectivity index (χ3n) is 5.84. The van der Waals surface area contributed by atoms with Crippen molar-refractivity contribution in [2.75, 3.05) is 11.9 Å². The highest BCUT2D eigenvalue weighted by molar-refractivity contribution is 9.10. The van der Waals surface area contributed by atoms with E-state index in [2.05, 4.69) is 22.5 Å². The zero-order valence-electron chi connectivity index (χ0n) is 16.3. The summed E-state index contributed by atoms with van der Waals surface area (Å²) in [5.74, 6) is -0.155. The molecule has 1 saturated heterocycles. The van der Waals surface area contributed by atoms with Crippen molar-refractivity contribution >= 4 is 33.4 Å². The van der Waals surface area contributed by atoms with Gasteiger partial charge in [0.1, 0.15) is 0 Å². The Balaban J connectivity index is 1.58. The van der Waals surface area contributed by atoms with Crippen LogP contribution in [0.25, 0.3) is 0 Å². The molecule has 2 aromatic rings. The fraction of sp³-hybridized carbons (Fsp3) is 0.250. The maximum Gasteiger partial charge on any atom is 0.253 e. The monoisotopic (exact) mass is 450 g/mol. The first-order valence-corrected chi connectivity index (χ1v) is 10.5. The van der Waals surface area contributed by atoms with Crippen molar-refractivity contribution in [1.29, 1.82) is 0 Å². The number of nitrogens with zero attached hydrogens (tertiary/aromatic N) is 2. The summed E-state index contributed by atoms with van der Waals surface area (Å²) in [6, 6.07) is 17.5. The van der Waals surface area contributed by atoms with Crippen molar-refractivity contribution < 1.29 is 9.59 Å². The normalized spacial score (nSPS) is 21.0. The quantitative estimate of drug-likeness (QED) is 0.632. The van der Waals surface area contributed by atoms with Crippen LogP contribution in [0.4, 0.5) is 5.69 Å². The molecule has 0 N–H and O–H groups in total. The third kappa shape index (κ3) is 3.67. The number of likely N-dealkylation sites (tertiary alicyclic amines) is 1. The van der Waals surface area contributed by atoms with Gasteiger partial charge in [0.25, 0.3) is 5.91 Å². The molecule has 5 heteroatoms. The number of para-hydroxylation sites is 1. The van der Waals surface area contributed by atoms with Gasteiger partial charge in [-0.2, -0.15) is 0 Å². The first-order valence-electron chi connectivity index (χ1n) is 9.72. The highest BCUT2D eigenvalue weighted by Crippen LogP contribution is 2.40. The van der Waals surface area contributed by atoms with Crippen LogP contribution in [0.2, 0.25) is 0 Å². The molecule has 29 heavy (non-hydrogen) atoms. The highest BCUT2D eigenvalue weighted by Gasteiger charge is 2.44. The molecule has 2 amide bonds. The van der Waals surface area contributed by atoms with Crippen LogP contribution in [-0.2, 0) is 16.1 Å². The average molecular weight is 451 g/mol. The summed E-state index contributed by atoms with van der Waals surface area (Å²) in [4.78, 5) is 29.8. The lowest BCUT2D eigenvalue weighted by molar-refractivity contribution is -0.132. The molecule has 2 unspecified atom stereocenters. The number of halogens is 1. The van der Waals surface area contributed by atoms with Gasteiger partial charge >= 0.3 is 0 Å². The maximum absolute atomic E-state index is 13.2. The first-order chi connectivity index (χ1) is 14.0. The van der Waals surface area contributed by atoms with Crippen molar-refractivity contribution in [3.8, 4) is 0 Å². The summed E-state index contributed by atoms with van der Waals surface area (Å²) >= 11 is 3.52. The lowest BCUT2D eigenvalue weighted by Crippen LogP contribution is -2.37. The van der Waals surface area contributed by atoms with Gasteiger partial charge in [0.2, 0.25) is 5.91 Å². The topological polar surface area (TPSA) is 40.6 Å². The Morgan fingerprint density at radius 3 is 2.59 bits per heavy atom. The predicted octanol–water partition coefficient (Wildman–Crippen LogP) is 4.72. The van der Waals surface area contributed by atoms with E-state index in [1.807, 2.05) is 65.6 Å². The van der Waals surface area contributed by atoms with Crippen molar-refractivity contribution in [1.82, 2.24) is 4.90 Å². The number of benzene rings is 2. The predicted molar refractivity (Wildman–Crippen MR) is 118 cm³/mol. The number of anilines is 1. The fourth-order valence-electron chi connectivity index (χ4n) is 4.18. The summed E-state index contributed by atoms with van der Waals surface area (Å²) in [5.41, 5.74) is 3.57. The van der Waals surface area contributed by atoms with Gasteiger partial charge in [-0.15, -0.1) is 0 Å². The van der Waals surface area contributed by atoms with Gasteiger partial charge < -0.3 is 9.80 Å². The lowest BCUT2D eigenvalue weighted by atomic mass is 9.97. The summed E-state index contributed by atoms with van der Waals surface area (Å²) in [6.07, 6.45) is 2.97. The average Bonchev–Trinajstić information content (AvgIpc) is 2.85. The number of rotatable bonds is 4. The van der Waals surface area contributed by atoms with Crippen LogP contribution < -0.4 is 4.90 Å². The number of hydrogen-bond acceptors (Lipinski definition) is 2. The van der Waals surface area contributed by atoms with E-state index in [0.29, 0.717) is 19.4 Å².